The average molecular weight is 578 g/mol. The first-order valence-corrected chi connectivity index (χ1v) is 16.0. The fourth-order valence-corrected chi connectivity index (χ4v) is 6.61. The number of anilines is 1. The zero-order valence-electron chi connectivity index (χ0n) is 24.0. The van der Waals surface area contributed by atoms with Crippen molar-refractivity contribution in [2.24, 2.45) is 5.92 Å². The number of benzene rings is 3. The minimum absolute atomic E-state index is 0.104. The molecule has 3 N–H and O–H groups in total. The lowest BCUT2D eigenvalue weighted by Crippen LogP contribution is -2.38. The van der Waals surface area contributed by atoms with E-state index in [0.717, 1.165) is 18.4 Å². The summed E-state index contributed by atoms with van der Waals surface area (Å²) in [6.07, 6.45) is 1.43. The molecule has 0 radical (unpaired) electrons. The average Bonchev–Trinajstić information content (AvgIpc) is 2.97. The fourth-order valence-electron chi connectivity index (χ4n) is 4.59. The van der Waals surface area contributed by atoms with E-state index < -0.39 is 25.0 Å². The Morgan fingerprint density at radius 2 is 1.44 bits per heavy atom. The molecule has 3 atom stereocenters. The van der Waals surface area contributed by atoms with E-state index in [-0.39, 0.29) is 30.0 Å². The van der Waals surface area contributed by atoms with Gasteiger partial charge in [0.15, 0.2) is 0 Å². The predicted molar refractivity (Wildman–Crippen MR) is 163 cm³/mol. The molecule has 3 amide bonds. The number of hydrogen-bond acceptors (Lipinski definition) is 4. The molecule has 218 valence electrons. The zero-order valence-corrected chi connectivity index (χ0v) is 24.8. The van der Waals surface area contributed by atoms with Crippen LogP contribution in [0.1, 0.15) is 59.9 Å². The van der Waals surface area contributed by atoms with Gasteiger partial charge >= 0.3 is 0 Å². The maximum atomic E-state index is 13.8. The third-order valence-corrected chi connectivity index (χ3v) is 9.08. The second kappa shape index (κ2) is 15.3. The number of carbonyl (C=O) groups excluding carboxylic acids is 3. The molecule has 41 heavy (non-hydrogen) atoms. The summed E-state index contributed by atoms with van der Waals surface area (Å²) in [6, 6.07) is 24.4. The van der Waals surface area contributed by atoms with Gasteiger partial charge < -0.3 is 20.4 Å². The molecule has 8 nitrogen and oxygen atoms in total. The lowest BCUT2D eigenvalue weighted by molar-refractivity contribution is -0.118. The Hall–Kier alpha value is -3.74. The molecule has 3 rings (SSSR count). The highest BCUT2D eigenvalue weighted by Gasteiger charge is 2.36. The van der Waals surface area contributed by atoms with Crippen LogP contribution in [0, 0.1) is 5.92 Å². The SMILES string of the molecule is CCCN(CCC)C(=O)c1cccc(C(=O)N[C@@H](Cc2ccccc2)P(=O)(O)CC(C)C(=O)Nc2ccccc2)c1. The molecule has 0 heterocycles. The Balaban J connectivity index is 1.81. The van der Waals surface area contributed by atoms with Crippen LogP contribution in [-0.4, -0.2) is 52.5 Å². The molecular formula is C32H40N3O5P. The van der Waals surface area contributed by atoms with Gasteiger partial charge in [0, 0.05) is 48.4 Å². The normalized spacial score (nSPS) is 13.9. The van der Waals surface area contributed by atoms with Gasteiger partial charge in [-0.3, -0.25) is 18.9 Å². The van der Waals surface area contributed by atoms with Crippen LogP contribution in [0.5, 0.6) is 0 Å². The van der Waals surface area contributed by atoms with Gasteiger partial charge in [-0.05, 0) is 48.7 Å². The van der Waals surface area contributed by atoms with Crippen LogP contribution < -0.4 is 10.6 Å². The number of nitrogens with one attached hydrogen (secondary N) is 2. The molecule has 2 unspecified atom stereocenters. The summed E-state index contributed by atoms with van der Waals surface area (Å²) in [5.74, 6) is -3.03. The van der Waals surface area contributed by atoms with Crippen molar-refractivity contribution < 1.29 is 23.8 Å². The molecule has 0 saturated carbocycles. The van der Waals surface area contributed by atoms with Crippen LogP contribution in [0.4, 0.5) is 5.69 Å². The molecule has 0 aliphatic heterocycles. The Morgan fingerprint density at radius 1 is 0.854 bits per heavy atom. The van der Waals surface area contributed by atoms with Crippen LogP contribution >= 0.6 is 7.37 Å². The quantitative estimate of drug-likeness (QED) is 0.210. The van der Waals surface area contributed by atoms with E-state index in [1.165, 1.54) is 6.07 Å². The first-order valence-electron chi connectivity index (χ1n) is 14.1. The lowest BCUT2D eigenvalue weighted by atomic mass is 10.1. The van der Waals surface area contributed by atoms with Crippen molar-refractivity contribution in [2.45, 2.75) is 45.8 Å². The minimum Gasteiger partial charge on any atom is -0.343 e. The molecule has 0 aromatic heterocycles. The predicted octanol–water partition coefficient (Wildman–Crippen LogP) is 5.79. The third-order valence-electron chi connectivity index (χ3n) is 6.73. The Morgan fingerprint density at radius 3 is 2.05 bits per heavy atom. The largest absolute Gasteiger partial charge is 0.343 e. The van der Waals surface area contributed by atoms with E-state index in [2.05, 4.69) is 10.6 Å². The molecule has 0 saturated heterocycles. The van der Waals surface area contributed by atoms with Crippen LogP contribution in [0.3, 0.4) is 0 Å². The smallest absolute Gasteiger partial charge is 0.253 e. The molecular weight excluding hydrogens is 537 g/mol. The zero-order chi connectivity index (χ0) is 29.8. The van der Waals surface area contributed by atoms with Gasteiger partial charge in [0.25, 0.3) is 11.8 Å². The molecule has 3 aromatic carbocycles. The van der Waals surface area contributed by atoms with Crippen LogP contribution in [0.2, 0.25) is 0 Å². The fraction of sp³-hybridized carbons (Fsp3) is 0.344. The van der Waals surface area contributed by atoms with E-state index in [4.69, 9.17) is 0 Å². The van der Waals surface area contributed by atoms with Gasteiger partial charge in [0.1, 0.15) is 5.78 Å². The lowest BCUT2D eigenvalue weighted by Gasteiger charge is -2.26. The summed E-state index contributed by atoms with van der Waals surface area (Å²) in [7, 11) is -4.09. The van der Waals surface area contributed by atoms with Crippen molar-refractivity contribution in [2.75, 3.05) is 24.6 Å². The monoisotopic (exact) mass is 577 g/mol. The van der Waals surface area contributed by atoms with Crippen molar-refractivity contribution in [3.63, 3.8) is 0 Å². The minimum atomic E-state index is -4.09. The highest BCUT2D eigenvalue weighted by Crippen LogP contribution is 2.48. The topological polar surface area (TPSA) is 116 Å². The van der Waals surface area contributed by atoms with E-state index in [1.54, 1.807) is 54.3 Å². The van der Waals surface area contributed by atoms with E-state index in [0.29, 0.717) is 24.3 Å². The van der Waals surface area contributed by atoms with Crippen LogP contribution in [0.25, 0.3) is 0 Å². The van der Waals surface area contributed by atoms with Gasteiger partial charge in [0.05, 0.1) is 0 Å². The third kappa shape index (κ3) is 9.41. The Labute approximate surface area is 242 Å². The summed E-state index contributed by atoms with van der Waals surface area (Å²) in [5, 5.41) is 5.52. The maximum Gasteiger partial charge on any atom is 0.253 e. The second-order valence-corrected chi connectivity index (χ2v) is 12.7. The van der Waals surface area contributed by atoms with Gasteiger partial charge in [-0.25, -0.2) is 0 Å². The molecule has 9 heteroatoms. The number of para-hydroxylation sites is 1. The Kier molecular flexibility index (Phi) is 11.9. The molecule has 3 aromatic rings. The number of hydrogen-bond donors (Lipinski definition) is 3. The van der Waals surface area contributed by atoms with Crippen molar-refractivity contribution in [1.29, 1.82) is 0 Å². The van der Waals surface area contributed by atoms with Gasteiger partial charge in [-0.15, -0.1) is 0 Å². The van der Waals surface area contributed by atoms with Gasteiger partial charge in [-0.2, -0.15) is 0 Å². The van der Waals surface area contributed by atoms with Crippen molar-refractivity contribution >= 4 is 30.8 Å². The highest BCUT2D eigenvalue weighted by molar-refractivity contribution is 7.58. The van der Waals surface area contributed by atoms with Gasteiger partial charge in [0.2, 0.25) is 13.3 Å². The Bertz CT molecular complexity index is 1340. The number of rotatable bonds is 14. The molecule has 0 spiro atoms. The molecule has 0 bridgehead atoms. The summed E-state index contributed by atoms with van der Waals surface area (Å²) < 4.78 is 13.8. The number of amides is 3. The highest BCUT2D eigenvalue weighted by atomic mass is 31.2. The summed E-state index contributed by atoms with van der Waals surface area (Å²) >= 11 is 0. The van der Waals surface area contributed by atoms with Crippen molar-refractivity contribution in [1.82, 2.24) is 10.2 Å². The summed E-state index contributed by atoms with van der Waals surface area (Å²) in [4.78, 5) is 52.3. The number of nitrogens with zero attached hydrogens (tertiary/aromatic N) is 1. The first kappa shape index (κ1) is 31.8. The molecule has 0 aliphatic rings. The first-order chi connectivity index (χ1) is 19.6. The van der Waals surface area contributed by atoms with Crippen molar-refractivity contribution in [3.05, 3.63) is 102 Å². The van der Waals surface area contributed by atoms with E-state index >= 15 is 0 Å². The number of carbonyl (C=O) groups is 3. The molecule has 0 aliphatic carbocycles. The second-order valence-electron chi connectivity index (χ2n) is 10.2. The van der Waals surface area contributed by atoms with Gasteiger partial charge in [-0.1, -0.05) is 75.4 Å². The van der Waals surface area contributed by atoms with Crippen LogP contribution in [0.15, 0.2) is 84.9 Å². The van der Waals surface area contributed by atoms with Crippen LogP contribution in [-0.2, 0) is 15.8 Å². The van der Waals surface area contributed by atoms with Crippen molar-refractivity contribution in [3.8, 4) is 0 Å². The summed E-state index contributed by atoms with van der Waals surface area (Å²) in [6.45, 7) is 6.84. The summed E-state index contributed by atoms with van der Waals surface area (Å²) in [5.41, 5.74) is 1.97. The van der Waals surface area contributed by atoms with E-state index in [9.17, 15) is 23.8 Å². The molecule has 0 fully saturated rings. The van der Waals surface area contributed by atoms with E-state index in [1.807, 2.05) is 50.2 Å². The standard InChI is InChI=1S/C32H40N3O5P/c1-4-19-35(20-5-2)32(38)27-16-12-15-26(22-27)31(37)34-29(21-25-13-8-6-9-14-25)41(39,40)23-24(3)30(36)33-28-17-10-7-11-18-28/h6-18,22,24,29H,4-5,19-21,23H2,1-3H3,(H,33,36)(H,34,37)(H,39,40)/t24?,29-/m1/s1. The maximum absolute atomic E-state index is 13.8.